The fraction of sp³-hybridized carbons (Fsp3) is 0.462. The van der Waals surface area contributed by atoms with Crippen LogP contribution in [0.2, 0.25) is 0 Å². The number of carbonyl (C=O) groups excluding carboxylic acids is 1. The molecule has 2 atom stereocenters. The molecule has 0 aromatic heterocycles. The Morgan fingerprint density at radius 1 is 1.35 bits per heavy atom. The number of carbonyl (C=O) groups is 1. The second kappa shape index (κ2) is 4.50. The standard InChI is InChI=1S/C13H14F2N2O3/c1-12(15)5-6-13(2,16-11(12)18)9-7-8(17(19)20)3-4-10(9)14/h3-4,7H,5-6H2,1-2H3,(H,16,18)/t12-,13-/m0/s1. The second-order valence-electron chi connectivity index (χ2n) is 5.40. The van der Waals surface area contributed by atoms with Crippen LogP contribution >= 0.6 is 0 Å². The number of rotatable bonds is 2. The summed E-state index contributed by atoms with van der Waals surface area (Å²) in [7, 11) is 0. The van der Waals surface area contributed by atoms with E-state index in [0.29, 0.717) is 0 Å². The van der Waals surface area contributed by atoms with Crippen molar-refractivity contribution in [3.05, 3.63) is 39.7 Å². The van der Waals surface area contributed by atoms with Crippen LogP contribution in [-0.2, 0) is 10.3 Å². The van der Waals surface area contributed by atoms with Crippen molar-refractivity contribution in [1.82, 2.24) is 5.32 Å². The van der Waals surface area contributed by atoms with Gasteiger partial charge in [-0.2, -0.15) is 0 Å². The number of hydrogen-bond donors (Lipinski definition) is 1. The average molecular weight is 284 g/mol. The molecular weight excluding hydrogens is 270 g/mol. The van der Waals surface area contributed by atoms with Crippen LogP contribution in [0.4, 0.5) is 14.5 Å². The van der Waals surface area contributed by atoms with Crippen LogP contribution in [0.5, 0.6) is 0 Å². The number of benzene rings is 1. The minimum atomic E-state index is -2.00. The molecule has 1 N–H and O–H groups in total. The van der Waals surface area contributed by atoms with Crippen LogP contribution in [0.1, 0.15) is 32.3 Å². The molecule has 0 saturated carbocycles. The highest BCUT2D eigenvalue weighted by atomic mass is 19.1. The number of amides is 1. The molecule has 0 aliphatic carbocycles. The third-order valence-corrected chi connectivity index (χ3v) is 3.71. The van der Waals surface area contributed by atoms with E-state index in [0.717, 1.165) is 25.1 Å². The fourth-order valence-electron chi connectivity index (χ4n) is 2.29. The highest BCUT2D eigenvalue weighted by Gasteiger charge is 2.46. The van der Waals surface area contributed by atoms with Crippen molar-refractivity contribution in [3.63, 3.8) is 0 Å². The van der Waals surface area contributed by atoms with Gasteiger partial charge in [0, 0.05) is 17.7 Å². The summed E-state index contributed by atoms with van der Waals surface area (Å²) < 4.78 is 27.7. The molecule has 1 saturated heterocycles. The van der Waals surface area contributed by atoms with E-state index < -0.39 is 27.9 Å². The summed E-state index contributed by atoms with van der Waals surface area (Å²) in [6.45, 7) is 2.69. The van der Waals surface area contributed by atoms with E-state index in [1.165, 1.54) is 6.92 Å². The molecule has 0 bridgehead atoms. The van der Waals surface area contributed by atoms with E-state index in [1.807, 2.05) is 0 Å². The number of hydrogen-bond acceptors (Lipinski definition) is 3. The van der Waals surface area contributed by atoms with Crippen LogP contribution in [0.3, 0.4) is 0 Å². The number of nitro benzene ring substituents is 1. The lowest BCUT2D eigenvalue weighted by atomic mass is 9.79. The Bertz CT molecular complexity index is 589. The first-order valence-corrected chi connectivity index (χ1v) is 6.12. The number of piperidine rings is 1. The first-order valence-electron chi connectivity index (χ1n) is 6.12. The molecule has 7 heteroatoms. The molecule has 1 amide bonds. The minimum Gasteiger partial charge on any atom is -0.344 e. The summed E-state index contributed by atoms with van der Waals surface area (Å²) in [6, 6.07) is 3.11. The number of alkyl halides is 1. The fourth-order valence-corrected chi connectivity index (χ4v) is 2.29. The number of nitrogens with zero attached hydrogens (tertiary/aromatic N) is 1. The quantitative estimate of drug-likeness (QED) is 0.670. The zero-order chi connectivity index (χ0) is 15.1. The van der Waals surface area contributed by atoms with Crippen molar-refractivity contribution in [3.8, 4) is 0 Å². The third kappa shape index (κ3) is 2.35. The lowest BCUT2D eigenvalue weighted by Crippen LogP contribution is -2.56. The predicted molar refractivity (Wildman–Crippen MR) is 67.3 cm³/mol. The maximum absolute atomic E-state index is 13.9. The highest BCUT2D eigenvalue weighted by molar-refractivity contribution is 5.86. The molecule has 5 nitrogen and oxygen atoms in total. The third-order valence-electron chi connectivity index (χ3n) is 3.71. The minimum absolute atomic E-state index is 0.00412. The Labute approximate surface area is 114 Å². The molecule has 0 spiro atoms. The maximum Gasteiger partial charge on any atom is 0.269 e. The molecule has 20 heavy (non-hydrogen) atoms. The van der Waals surface area contributed by atoms with Gasteiger partial charge in [-0.3, -0.25) is 14.9 Å². The Hall–Kier alpha value is -2.05. The summed E-state index contributed by atoms with van der Waals surface area (Å²) >= 11 is 0. The van der Waals surface area contributed by atoms with Crippen molar-refractivity contribution in [2.45, 2.75) is 37.9 Å². The largest absolute Gasteiger partial charge is 0.344 e. The van der Waals surface area contributed by atoms with Gasteiger partial charge in [-0.05, 0) is 32.8 Å². The Kier molecular flexibility index (Phi) is 3.23. The Morgan fingerprint density at radius 2 is 2.00 bits per heavy atom. The van der Waals surface area contributed by atoms with Gasteiger partial charge in [-0.15, -0.1) is 0 Å². The van der Waals surface area contributed by atoms with Gasteiger partial charge in [-0.1, -0.05) is 0 Å². The molecule has 0 radical (unpaired) electrons. The van der Waals surface area contributed by atoms with Gasteiger partial charge < -0.3 is 5.32 Å². The van der Waals surface area contributed by atoms with Gasteiger partial charge in [-0.25, -0.2) is 8.78 Å². The van der Waals surface area contributed by atoms with Crippen LogP contribution in [0.25, 0.3) is 0 Å². The molecule has 1 aromatic rings. The van der Waals surface area contributed by atoms with E-state index in [1.54, 1.807) is 0 Å². The van der Waals surface area contributed by atoms with Crippen LogP contribution in [-0.4, -0.2) is 16.5 Å². The summed E-state index contributed by atoms with van der Waals surface area (Å²) in [4.78, 5) is 21.8. The molecule has 2 rings (SSSR count). The first kappa shape index (κ1) is 14.4. The zero-order valence-corrected chi connectivity index (χ0v) is 11.1. The summed E-state index contributed by atoms with van der Waals surface area (Å²) in [6.07, 6.45) is 0.0846. The number of non-ortho nitro benzene ring substituents is 1. The van der Waals surface area contributed by atoms with Crippen LogP contribution < -0.4 is 5.32 Å². The molecule has 1 heterocycles. The molecule has 1 aliphatic heterocycles. The number of halogens is 2. The first-order chi connectivity index (χ1) is 9.16. The van der Waals surface area contributed by atoms with Crippen LogP contribution in [0, 0.1) is 15.9 Å². The van der Waals surface area contributed by atoms with Crippen LogP contribution in [0.15, 0.2) is 18.2 Å². The van der Waals surface area contributed by atoms with Crippen molar-refractivity contribution in [2.75, 3.05) is 0 Å². The van der Waals surface area contributed by atoms with E-state index in [2.05, 4.69) is 5.32 Å². The average Bonchev–Trinajstić information content (AvgIpc) is 2.35. The van der Waals surface area contributed by atoms with E-state index in [9.17, 15) is 23.7 Å². The Morgan fingerprint density at radius 3 is 2.55 bits per heavy atom. The van der Waals surface area contributed by atoms with E-state index in [-0.39, 0.29) is 24.1 Å². The van der Waals surface area contributed by atoms with Crippen molar-refractivity contribution < 1.29 is 18.5 Å². The van der Waals surface area contributed by atoms with Crippen molar-refractivity contribution in [1.29, 1.82) is 0 Å². The highest BCUT2D eigenvalue weighted by Crippen LogP contribution is 2.37. The predicted octanol–water partition coefficient (Wildman–Crippen LogP) is 2.59. The molecule has 108 valence electrons. The lowest BCUT2D eigenvalue weighted by molar-refractivity contribution is -0.385. The maximum atomic E-state index is 13.9. The number of nitrogens with one attached hydrogen (secondary N) is 1. The topological polar surface area (TPSA) is 72.2 Å². The Balaban J connectivity index is 2.43. The van der Waals surface area contributed by atoms with Gasteiger partial charge in [0.25, 0.3) is 11.6 Å². The van der Waals surface area contributed by atoms with Gasteiger partial charge in [0.05, 0.1) is 10.5 Å². The molecule has 1 aromatic carbocycles. The normalized spacial score (nSPS) is 29.9. The zero-order valence-electron chi connectivity index (χ0n) is 11.1. The van der Waals surface area contributed by atoms with Gasteiger partial charge in [0.15, 0.2) is 5.67 Å². The lowest BCUT2D eigenvalue weighted by Gasteiger charge is -2.39. The van der Waals surface area contributed by atoms with Gasteiger partial charge in [0.2, 0.25) is 0 Å². The van der Waals surface area contributed by atoms with Gasteiger partial charge >= 0.3 is 0 Å². The van der Waals surface area contributed by atoms with Crippen molar-refractivity contribution in [2.24, 2.45) is 0 Å². The molecule has 1 fully saturated rings. The number of nitro groups is 1. The van der Waals surface area contributed by atoms with Crippen molar-refractivity contribution >= 4 is 11.6 Å². The van der Waals surface area contributed by atoms with E-state index >= 15 is 0 Å². The van der Waals surface area contributed by atoms with Gasteiger partial charge in [0.1, 0.15) is 5.82 Å². The second-order valence-corrected chi connectivity index (χ2v) is 5.40. The smallest absolute Gasteiger partial charge is 0.269 e. The summed E-state index contributed by atoms with van der Waals surface area (Å²) in [5.74, 6) is -1.50. The van der Waals surface area contributed by atoms with E-state index in [4.69, 9.17) is 0 Å². The molecular formula is C13H14F2N2O3. The summed E-state index contributed by atoms with van der Waals surface area (Å²) in [5.41, 5.74) is -3.43. The molecule has 0 unspecified atom stereocenters. The molecule has 1 aliphatic rings. The summed E-state index contributed by atoms with van der Waals surface area (Å²) in [5, 5.41) is 13.2. The SMILES string of the molecule is C[C@]1(F)CC[C@@](C)(c2cc([N+](=O)[O-])ccc2F)NC1=O. The monoisotopic (exact) mass is 284 g/mol.